The van der Waals surface area contributed by atoms with E-state index < -0.39 is 22.0 Å². The monoisotopic (exact) mass is 322 g/mol. The molecule has 0 spiro atoms. The van der Waals surface area contributed by atoms with Crippen LogP contribution in [0.4, 0.5) is 10.2 Å². The zero-order valence-electron chi connectivity index (χ0n) is 10.2. The van der Waals surface area contributed by atoms with Gasteiger partial charge in [-0.15, -0.1) is 0 Å². The van der Waals surface area contributed by atoms with Gasteiger partial charge in [0, 0.05) is 11.1 Å². The fourth-order valence-corrected chi connectivity index (χ4v) is 2.41. The third-order valence-corrected chi connectivity index (χ3v) is 3.45. The summed E-state index contributed by atoms with van der Waals surface area (Å²) >= 11 is 11.8. The Labute approximate surface area is 127 Å². The fourth-order valence-electron chi connectivity index (χ4n) is 1.85. The Morgan fingerprint density at radius 3 is 2.33 bits per heavy atom. The van der Waals surface area contributed by atoms with Crippen molar-refractivity contribution in [2.24, 2.45) is 0 Å². The number of halogens is 3. The Balaban J connectivity index is 3.09. The summed E-state index contributed by atoms with van der Waals surface area (Å²) in [7, 11) is 0. The first-order valence-electron chi connectivity index (χ1n) is 5.42. The molecular weight excluding hydrogens is 318 g/mol. The van der Waals surface area contributed by atoms with E-state index in [-0.39, 0.29) is 27.5 Å². The maximum absolute atomic E-state index is 13.6. The molecule has 2 aromatic rings. The highest BCUT2D eigenvalue weighted by molar-refractivity contribution is 6.39. The van der Waals surface area contributed by atoms with E-state index in [2.05, 4.69) is 4.98 Å². The number of H-pyrrole nitrogens is 1. The van der Waals surface area contributed by atoms with Crippen LogP contribution in [0.3, 0.4) is 0 Å². The summed E-state index contributed by atoms with van der Waals surface area (Å²) in [6.07, 6.45) is 0. The maximum Gasteiger partial charge on any atom is 0.268 e. The van der Waals surface area contributed by atoms with Gasteiger partial charge in [0.15, 0.2) is 0 Å². The standard InChI is InChI=1S/C13H5Cl2FN4O/c14-7-1-2-8(16)11(15)10(7)9-5(3-17)12(19)20-13(21)6(9)4-18/h1-2H,(H3,19,20,21). The molecule has 0 unspecified atom stereocenters. The second kappa shape index (κ2) is 5.45. The van der Waals surface area contributed by atoms with E-state index in [0.29, 0.717) is 0 Å². The lowest BCUT2D eigenvalue weighted by Gasteiger charge is -2.12. The number of hydrogen-bond acceptors (Lipinski definition) is 4. The van der Waals surface area contributed by atoms with Crippen molar-refractivity contribution >= 4 is 29.0 Å². The van der Waals surface area contributed by atoms with E-state index in [1.807, 2.05) is 0 Å². The molecule has 0 aliphatic carbocycles. The average molecular weight is 323 g/mol. The van der Waals surface area contributed by atoms with E-state index >= 15 is 0 Å². The molecule has 0 bridgehead atoms. The van der Waals surface area contributed by atoms with Crippen LogP contribution >= 0.6 is 23.2 Å². The number of rotatable bonds is 1. The molecule has 0 atom stereocenters. The smallest absolute Gasteiger partial charge is 0.268 e. The van der Waals surface area contributed by atoms with Gasteiger partial charge >= 0.3 is 0 Å². The minimum atomic E-state index is -0.819. The third kappa shape index (κ3) is 2.31. The quantitative estimate of drug-likeness (QED) is 0.787. The molecule has 0 aliphatic rings. The van der Waals surface area contributed by atoms with Crippen LogP contribution in [0.5, 0.6) is 0 Å². The van der Waals surface area contributed by atoms with Crippen molar-refractivity contribution < 1.29 is 4.39 Å². The molecule has 2 rings (SSSR count). The Bertz CT molecular complexity index is 893. The molecule has 0 fully saturated rings. The number of nitrogens with two attached hydrogens (primary N) is 1. The molecule has 0 saturated carbocycles. The topological polar surface area (TPSA) is 106 Å². The molecule has 0 saturated heterocycles. The third-order valence-electron chi connectivity index (χ3n) is 2.76. The number of nitriles is 2. The highest BCUT2D eigenvalue weighted by Crippen LogP contribution is 2.39. The van der Waals surface area contributed by atoms with Crippen LogP contribution in [-0.2, 0) is 0 Å². The van der Waals surface area contributed by atoms with Crippen molar-refractivity contribution in [3.63, 3.8) is 0 Å². The summed E-state index contributed by atoms with van der Waals surface area (Å²) in [4.78, 5) is 14.0. The fraction of sp³-hybridized carbons (Fsp3) is 0. The zero-order valence-corrected chi connectivity index (χ0v) is 11.7. The van der Waals surface area contributed by atoms with Gasteiger partial charge < -0.3 is 10.7 Å². The first-order valence-corrected chi connectivity index (χ1v) is 6.17. The van der Waals surface area contributed by atoms with E-state index in [1.54, 1.807) is 12.1 Å². The predicted molar refractivity (Wildman–Crippen MR) is 76.3 cm³/mol. The van der Waals surface area contributed by atoms with Gasteiger partial charge in [0.25, 0.3) is 5.56 Å². The van der Waals surface area contributed by atoms with Gasteiger partial charge in [-0.1, -0.05) is 23.2 Å². The normalized spacial score (nSPS) is 9.95. The van der Waals surface area contributed by atoms with Crippen molar-refractivity contribution in [1.82, 2.24) is 4.98 Å². The van der Waals surface area contributed by atoms with E-state index in [0.717, 1.165) is 6.07 Å². The number of hydrogen-bond donors (Lipinski definition) is 2. The first-order chi connectivity index (χ1) is 9.92. The molecule has 1 aromatic heterocycles. The summed E-state index contributed by atoms with van der Waals surface area (Å²) in [6.45, 7) is 0. The molecule has 1 aromatic carbocycles. The lowest BCUT2D eigenvalue weighted by Crippen LogP contribution is -2.16. The van der Waals surface area contributed by atoms with Crippen molar-refractivity contribution in [1.29, 1.82) is 10.5 Å². The maximum atomic E-state index is 13.6. The van der Waals surface area contributed by atoms with Crippen LogP contribution in [0.1, 0.15) is 11.1 Å². The van der Waals surface area contributed by atoms with E-state index in [9.17, 15) is 14.4 Å². The lowest BCUT2D eigenvalue weighted by atomic mass is 9.96. The van der Waals surface area contributed by atoms with Gasteiger partial charge in [0.05, 0.1) is 10.0 Å². The van der Waals surface area contributed by atoms with Crippen LogP contribution in [0.25, 0.3) is 11.1 Å². The molecule has 3 N–H and O–H groups in total. The van der Waals surface area contributed by atoms with Gasteiger partial charge in [0.2, 0.25) is 0 Å². The van der Waals surface area contributed by atoms with Crippen molar-refractivity contribution in [2.45, 2.75) is 0 Å². The van der Waals surface area contributed by atoms with Crippen molar-refractivity contribution in [3.8, 4) is 23.3 Å². The molecule has 21 heavy (non-hydrogen) atoms. The second-order valence-corrected chi connectivity index (χ2v) is 4.72. The van der Waals surface area contributed by atoms with Gasteiger partial charge in [-0.25, -0.2) is 4.39 Å². The summed E-state index contributed by atoms with van der Waals surface area (Å²) in [5, 5.41) is 17.9. The molecule has 0 aliphatic heterocycles. The van der Waals surface area contributed by atoms with E-state index in [1.165, 1.54) is 6.07 Å². The molecule has 0 radical (unpaired) electrons. The van der Waals surface area contributed by atoms with Gasteiger partial charge in [-0.2, -0.15) is 10.5 Å². The molecule has 104 valence electrons. The van der Waals surface area contributed by atoms with E-state index in [4.69, 9.17) is 34.2 Å². The zero-order chi connectivity index (χ0) is 15.7. The van der Waals surface area contributed by atoms with Crippen LogP contribution in [0, 0.1) is 28.5 Å². The number of nitrogens with one attached hydrogen (secondary N) is 1. The molecule has 8 heteroatoms. The largest absolute Gasteiger partial charge is 0.384 e. The first kappa shape index (κ1) is 14.9. The number of nitrogens with zero attached hydrogens (tertiary/aromatic N) is 2. The number of benzene rings is 1. The second-order valence-electron chi connectivity index (χ2n) is 3.93. The van der Waals surface area contributed by atoms with Crippen LogP contribution < -0.4 is 11.3 Å². The Morgan fingerprint density at radius 2 is 1.76 bits per heavy atom. The lowest BCUT2D eigenvalue weighted by molar-refractivity contribution is 0.629. The van der Waals surface area contributed by atoms with Crippen LogP contribution in [-0.4, -0.2) is 4.98 Å². The van der Waals surface area contributed by atoms with Crippen molar-refractivity contribution in [2.75, 3.05) is 5.73 Å². The van der Waals surface area contributed by atoms with Gasteiger partial charge in [-0.05, 0) is 12.1 Å². The average Bonchev–Trinajstić information content (AvgIpc) is 2.43. The van der Waals surface area contributed by atoms with Gasteiger partial charge in [-0.3, -0.25) is 4.79 Å². The highest BCUT2D eigenvalue weighted by Gasteiger charge is 2.23. The predicted octanol–water partition coefficient (Wildman–Crippen LogP) is 2.81. The molecule has 0 amide bonds. The highest BCUT2D eigenvalue weighted by atomic mass is 35.5. The Hall–Kier alpha value is -2.54. The molecular formula is C13H5Cl2FN4O. The molecule has 5 nitrogen and oxygen atoms in total. The minimum Gasteiger partial charge on any atom is -0.384 e. The van der Waals surface area contributed by atoms with Crippen LogP contribution in [0.2, 0.25) is 10.0 Å². The molecule has 1 heterocycles. The number of nitrogen functional groups attached to an aromatic ring is 1. The Morgan fingerprint density at radius 1 is 1.14 bits per heavy atom. The number of aromatic nitrogens is 1. The number of aromatic amines is 1. The summed E-state index contributed by atoms with van der Waals surface area (Å²) < 4.78 is 13.6. The number of pyridine rings is 1. The summed E-state index contributed by atoms with van der Waals surface area (Å²) in [5.41, 5.74) is 3.81. The summed E-state index contributed by atoms with van der Waals surface area (Å²) in [6, 6.07) is 5.64. The van der Waals surface area contributed by atoms with Gasteiger partial charge in [0.1, 0.15) is 34.9 Å². The number of anilines is 1. The van der Waals surface area contributed by atoms with Crippen molar-refractivity contribution in [3.05, 3.63) is 49.5 Å². The SMILES string of the molecule is N#Cc1c(N)[nH]c(=O)c(C#N)c1-c1c(Cl)ccc(F)c1Cl. The summed E-state index contributed by atoms with van der Waals surface area (Å²) in [5.74, 6) is -1.06. The Kier molecular flexibility index (Phi) is 3.86. The minimum absolute atomic E-state index is 0.0144. The van der Waals surface area contributed by atoms with Crippen LogP contribution in [0.15, 0.2) is 16.9 Å².